The second-order valence-electron chi connectivity index (χ2n) is 4.54. The van der Waals surface area contributed by atoms with Gasteiger partial charge in [0.15, 0.2) is 0 Å². The van der Waals surface area contributed by atoms with Gasteiger partial charge >= 0.3 is 12.0 Å². The fourth-order valence-electron chi connectivity index (χ4n) is 1.59. The topological polar surface area (TPSA) is 102 Å². The summed E-state index contributed by atoms with van der Waals surface area (Å²) in [6.07, 6.45) is 0. The number of carbonyl (C=O) groups excluding carboxylic acids is 2. The molecule has 0 radical (unpaired) electrons. The Labute approximate surface area is 121 Å². The van der Waals surface area contributed by atoms with Crippen molar-refractivity contribution in [3.8, 4) is 0 Å². The molecular formula is C13H17N3O5. The highest BCUT2D eigenvalue weighted by atomic mass is 16.6. The highest BCUT2D eigenvalue weighted by Crippen LogP contribution is 2.17. The number of carbonyl (C=O) groups is 2. The molecular weight excluding hydrogens is 278 g/mol. The van der Waals surface area contributed by atoms with E-state index in [1.807, 2.05) is 0 Å². The van der Waals surface area contributed by atoms with Crippen LogP contribution in [0.1, 0.15) is 13.8 Å². The van der Waals surface area contributed by atoms with Gasteiger partial charge in [0.05, 0.1) is 12.0 Å². The fraction of sp³-hybridized carbons (Fsp3) is 0.385. The maximum absolute atomic E-state index is 12.1. The second kappa shape index (κ2) is 7.22. The van der Waals surface area contributed by atoms with E-state index in [9.17, 15) is 19.7 Å². The van der Waals surface area contributed by atoms with E-state index in [-0.39, 0.29) is 24.0 Å². The van der Waals surface area contributed by atoms with Gasteiger partial charge < -0.3 is 15.0 Å². The highest BCUT2D eigenvalue weighted by Gasteiger charge is 2.21. The molecule has 0 atom stereocenters. The minimum atomic E-state index is -0.551. The van der Waals surface area contributed by atoms with E-state index >= 15 is 0 Å². The van der Waals surface area contributed by atoms with Crippen LogP contribution in [0.5, 0.6) is 0 Å². The van der Waals surface area contributed by atoms with Gasteiger partial charge in [0.25, 0.3) is 5.69 Å². The lowest BCUT2D eigenvalue weighted by Gasteiger charge is -2.25. The van der Waals surface area contributed by atoms with Crippen molar-refractivity contribution in [3.05, 3.63) is 34.4 Å². The minimum absolute atomic E-state index is 0.128. The summed E-state index contributed by atoms with van der Waals surface area (Å²) in [5.41, 5.74) is 0.154. The molecule has 1 N–H and O–H groups in total. The number of nitro benzene ring substituents is 1. The smallest absolute Gasteiger partial charge is 0.325 e. The summed E-state index contributed by atoms with van der Waals surface area (Å²) in [5, 5.41) is 13.2. The van der Waals surface area contributed by atoms with Crippen molar-refractivity contribution < 1.29 is 19.2 Å². The fourth-order valence-corrected chi connectivity index (χ4v) is 1.59. The third kappa shape index (κ3) is 4.75. The number of nitro groups is 1. The number of anilines is 1. The van der Waals surface area contributed by atoms with Gasteiger partial charge in [0.2, 0.25) is 0 Å². The molecule has 8 heteroatoms. The minimum Gasteiger partial charge on any atom is -0.468 e. The molecule has 1 rings (SSSR count). The van der Waals surface area contributed by atoms with Gasteiger partial charge in [-0.15, -0.1) is 0 Å². The van der Waals surface area contributed by atoms with Crippen LogP contribution in [0.4, 0.5) is 16.2 Å². The number of urea groups is 1. The number of non-ortho nitro benzene ring substituents is 1. The number of ether oxygens (including phenoxy) is 1. The molecule has 114 valence electrons. The van der Waals surface area contributed by atoms with Crippen LogP contribution >= 0.6 is 0 Å². The number of nitrogens with zero attached hydrogens (tertiary/aromatic N) is 2. The molecule has 0 saturated carbocycles. The van der Waals surface area contributed by atoms with Crippen molar-refractivity contribution >= 4 is 23.4 Å². The summed E-state index contributed by atoms with van der Waals surface area (Å²) >= 11 is 0. The Morgan fingerprint density at radius 1 is 1.43 bits per heavy atom. The first kappa shape index (κ1) is 16.4. The third-order valence-electron chi connectivity index (χ3n) is 2.72. The molecule has 0 aliphatic heterocycles. The lowest BCUT2D eigenvalue weighted by molar-refractivity contribution is -0.384. The van der Waals surface area contributed by atoms with Gasteiger partial charge in [-0.1, -0.05) is 6.07 Å². The van der Waals surface area contributed by atoms with E-state index in [1.165, 1.54) is 36.3 Å². The van der Waals surface area contributed by atoms with Gasteiger partial charge in [-0.2, -0.15) is 0 Å². The zero-order valence-electron chi connectivity index (χ0n) is 12.0. The third-order valence-corrected chi connectivity index (χ3v) is 2.72. The summed E-state index contributed by atoms with van der Waals surface area (Å²) < 4.78 is 4.53. The first-order chi connectivity index (χ1) is 9.85. The molecule has 2 amide bonds. The quantitative estimate of drug-likeness (QED) is 0.508. The molecule has 0 spiro atoms. The predicted octanol–water partition coefficient (Wildman–Crippen LogP) is 2.01. The molecule has 21 heavy (non-hydrogen) atoms. The van der Waals surface area contributed by atoms with Crippen molar-refractivity contribution in [2.75, 3.05) is 19.0 Å². The molecule has 0 bridgehead atoms. The Balaban J connectivity index is 2.84. The molecule has 1 aromatic rings. The zero-order valence-corrected chi connectivity index (χ0v) is 12.0. The molecule has 0 aliphatic rings. The van der Waals surface area contributed by atoms with E-state index in [2.05, 4.69) is 10.1 Å². The molecule has 0 fully saturated rings. The summed E-state index contributed by atoms with van der Waals surface area (Å²) in [7, 11) is 1.24. The van der Waals surface area contributed by atoms with Crippen LogP contribution in [-0.4, -0.2) is 41.5 Å². The van der Waals surface area contributed by atoms with Crippen LogP contribution in [-0.2, 0) is 9.53 Å². The number of rotatable bonds is 5. The predicted molar refractivity (Wildman–Crippen MR) is 76.0 cm³/mol. The van der Waals surface area contributed by atoms with E-state index in [0.29, 0.717) is 0 Å². The zero-order chi connectivity index (χ0) is 16.0. The monoisotopic (exact) mass is 295 g/mol. The van der Waals surface area contributed by atoms with Crippen molar-refractivity contribution in [1.29, 1.82) is 0 Å². The van der Waals surface area contributed by atoms with E-state index in [4.69, 9.17) is 0 Å². The van der Waals surface area contributed by atoms with E-state index < -0.39 is 16.9 Å². The first-order valence-electron chi connectivity index (χ1n) is 6.24. The van der Waals surface area contributed by atoms with Crippen LogP contribution in [0.3, 0.4) is 0 Å². The van der Waals surface area contributed by atoms with Crippen LogP contribution in [0.2, 0.25) is 0 Å². The van der Waals surface area contributed by atoms with Crippen molar-refractivity contribution in [2.24, 2.45) is 0 Å². The summed E-state index contributed by atoms with van der Waals surface area (Å²) in [6, 6.07) is 4.80. The number of amides is 2. The van der Waals surface area contributed by atoms with E-state index in [1.54, 1.807) is 13.8 Å². The maximum Gasteiger partial charge on any atom is 0.325 e. The van der Waals surface area contributed by atoms with Gasteiger partial charge in [-0.05, 0) is 19.9 Å². The lowest BCUT2D eigenvalue weighted by Crippen LogP contribution is -2.43. The number of esters is 1. The molecule has 0 aliphatic carbocycles. The number of benzene rings is 1. The van der Waals surface area contributed by atoms with Crippen LogP contribution in [0, 0.1) is 10.1 Å². The summed E-state index contributed by atoms with van der Waals surface area (Å²) in [6.45, 7) is 3.29. The van der Waals surface area contributed by atoms with Crippen LogP contribution < -0.4 is 5.32 Å². The Bertz CT molecular complexity index is 544. The normalized spacial score (nSPS) is 10.1. The molecule has 0 unspecified atom stereocenters. The van der Waals surface area contributed by atoms with Gasteiger partial charge in [0, 0.05) is 23.9 Å². The maximum atomic E-state index is 12.1. The number of hydrogen-bond acceptors (Lipinski definition) is 5. The van der Waals surface area contributed by atoms with E-state index in [0.717, 1.165) is 0 Å². The van der Waals surface area contributed by atoms with Gasteiger partial charge in [0.1, 0.15) is 6.54 Å². The van der Waals surface area contributed by atoms with Crippen molar-refractivity contribution in [2.45, 2.75) is 19.9 Å². The highest BCUT2D eigenvalue weighted by molar-refractivity contribution is 5.92. The standard InChI is InChI=1S/C13H17N3O5/c1-9(2)15(8-12(17)21-3)13(18)14-10-5-4-6-11(7-10)16(19)20/h4-7,9H,8H2,1-3H3,(H,14,18). The second-order valence-corrected chi connectivity index (χ2v) is 4.54. The Kier molecular flexibility index (Phi) is 5.65. The van der Waals surface area contributed by atoms with Crippen molar-refractivity contribution in [3.63, 3.8) is 0 Å². The molecule has 0 heterocycles. The SMILES string of the molecule is COC(=O)CN(C(=O)Nc1cccc([N+](=O)[O-])c1)C(C)C. The average Bonchev–Trinajstić information content (AvgIpc) is 2.44. The molecule has 0 saturated heterocycles. The molecule has 8 nitrogen and oxygen atoms in total. The van der Waals surface area contributed by atoms with Crippen LogP contribution in [0.25, 0.3) is 0 Å². The Hall–Kier alpha value is -2.64. The Morgan fingerprint density at radius 2 is 2.10 bits per heavy atom. The molecule has 0 aromatic heterocycles. The average molecular weight is 295 g/mol. The summed E-state index contributed by atoms with van der Waals surface area (Å²) in [4.78, 5) is 34.8. The summed E-state index contributed by atoms with van der Waals surface area (Å²) in [5.74, 6) is -0.544. The van der Waals surface area contributed by atoms with Gasteiger partial charge in [-0.3, -0.25) is 14.9 Å². The lowest BCUT2D eigenvalue weighted by atomic mass is 10.3. The largest absolute Gasteiger partial charge is 0.468 e. The molecule has 1 aromatic carbocycles. The van der Waals surface area contributed by atoms with Crippen molar-refractivity contribution in [1.82, 2.24) is 4.90 Å². The number of hydrogen-bond donors (Lipinski definition) is 1. The van der Waals surface area contributed by atoms with Crippen LogP contribution in [0.15, 0.2) is 24.3 Å². The number of nitrogens with one attached hydrogen (secondary N) is 1. The Morgan fingerprint density at radius 3 is 2.62 bits per heavy atom. The van der Waals surface area contributed by atoms with Gasteiger partial charge in [-0.25, -0.2) is 4.79 Å². The number of methoxy groups -OCH3 is 1. The first-order valence-corrected chi connectivity index (χ1v) is 6.24.